The van der Waals surface area contributed by atoms with Gasteiger partial charge in [0.1, 0.15) is 6.10 Å². The fourth-order valence-corrected chi connectivity index (χ4v) is 1.99. The van der Waals surface area contributed by atoms with Gasteiger partial charge in [0.15, 0.2) is 17.9 Å². The SMILES string of the molecule is CC(C)(O)OC[C@H]1CC2OC(C)(C)OC2O1. The van der Waals surface area contributed by atoms with Crippen LogP contribution in [-0.2, 0) is 18.9 Å². The largest absolute Gasteiger partial charge is 0.366 e. The predicted octanol–water partition coefficient (Wildman–Crippen LogP) is 0.998. The molecule has 5 heteroatoms. The van der Waals surface area contributed by atoms with Crippen molar-refractivity contribution in [1.29, 1.82) is 0 Å². The molecule has 0 aromatic carbocycles. The molecule has 3 atom stereocenters. The van der Waals surface area contributed by atoms with E-state index in [0.717, 1.165) is 6.42 Å². The lowest BCUT2D eigenvalue weighted by atomic mass is 10.2. The molecule has 2 saturated heterocycles. The number of aliphatic hydroxyl groups is 1. The summed E-state index contributed by atoms with van der Waals surface area (Å²) in [5, 5.41) is 9.42. The van der Waals surface area contributed by atoms with Gasteiger partial charge in [0, 0.05) is 6.42 Å². The third kappa shape index (κ3) is 2.93. The second-order valence-corrected chi connectivity index (χ2v) is 5.29. The number of ether oxygens (including phenoxy) is 4. The zero-order valence-corrected chi connectivity index (χ0v) is 10.2. The van der Waals surface area contributed by atoms with E-state index in [4.69, 9.17) is 18.9 Å². The van der Waals surface area contributed by atoms with Gasteiger partial charge in [0.2, 0.25) is 0 Å². The molecule has 2 fully saturated rings. The average Bonchev–Trinajstić information content (AvgIpc) is 2.52. The van der Waals surface area contributed by atoms with Crippen LogP contribution in [0.3, 0.4) is 0 Å². The van der Waals surface area contributed by atoms with Crippen molar-refractivity contribution in [2.45, 2.75) is 64.2 Å². The first kappa shape index (κ1) is 12.3. The number of hydrogen-bond acceptors (Lipinski definition) is 5. The van der Waals surface area contributed by atoms with Crippen molar-refractivity contribution in [2.75, 3.05) is 6.61 Å². The lowest BCUT2D eigenvalue weighted by Crippen LogP contribution is -2.30. The van der Waals surface area contributed by atoms with Gasteiger partial charge in [-0.2, -0.15) is 0 Å². The van der Waals surface area contributed by atoms with Crippen molar-refractivity contribution in [2.24, 2.45) is 0 Å². The first-order valence-corrected chi connectivity index (χ1v) is 5.63. The maximum atomic E-state index is 9.42. The van der Waals surface area contributed by atoms with E-state index in [1.54, 1.807) is 13.8 Å². The molecule has 5 nitrogen and oxygen atoms in total. The Labute approximate surface area is 95.6 Å². The van der Waals surface area contributed by atoms with Crippen LogP contribution in [0.2, 0.25) is 0 Å². The van der Waals surface area contributed by atoms with Gasteiger partial charge < -0.3 is 24.1 Å². The highest BCUT2D eigenvalue weighted by atomic mass is 16.8. The lowest BCUT2D eigenvalue weighted by Gasteiger charge is -2.23. The average molecular weight is 232 g/mol. The van der Waals surface area contributed by atoms with E-state index in [-0.39, 0.29) is 18.5 Å². The minimum atomic E-state index is -1.12. The first-order valence-electron chi connectivity index (χ1n) is 5.63. The molecule has 2 aliphatic rings. The van der Waals surface area contributed by atoms with Gasteiger partial charge in [-0.25, -0.2) is 0 Å². The summed E-state index contributed by atoms with van der Waals surface area (Å²) in [5.74, 6) is -1.68. The van der Waals surface area contributed by atoms with Gasteiger partial charge in [-0.1, -0.05) is 0 Å². The Balaban J connectivity index is 1.79. The molecule has 94 valence electrons. The van der Waals surface area contributed by atoms with Gasteiger partial charge in [-0.3, -0.25) is 0 Å². The molecule has 0 aromatic rings. The molecular formula is C11H20O5. The summed E-state index contributed by atoms with van der Waals surface area (Å²) in [6.07, 6.45) is 0.345. The van der Waals surface area contributed by atoms with E-state index < -0.39 is 11.6 Å². The summed E-state index contributed by atoms with van der Waals surface area (Å²) in [4.78, 5) is 0. The van der Waals surface area contributed by atoms with E-state index in [0.29, 0.717) is 6.61 Å². The second kappa shape index (κ2) is 3.92. The summed E-state index contributed by atoms with van der Waals surface area (Å²) in [5.41, 5.74) is 0. The van der Waals surface area contributed by atoms with Gasteiger partial charge >= 0.3 is 0 Å². The van der Waals surface area contributed by atoms with Crippen LogP contribution in [0.15, 0.2) is 0 Å². The summed E-state index contributed by atoms with van der Waals surface area (Å²) >= 11 is 0. The minimum absolute atomic E-state index is 0.0228. The summed E-state index contributed by atoms with van der Waals surface area (Å²) in [6, 6.07) is 0. The highest BCUT2D eigenvalue weighted by molar-refractivity contribution is 4.85. The first-order chi connectivity index (χ1) is 7.25. The maximum Gasteiger partial charge on any atom is 0.187 e. The molecular weight excluding hydrogens is 212 g/mol. The zero-order valence-electron chi connectivity index (χ0n) is 10.2. The van der Waals surface area contributed by atoms with Gasteiger partial charge in [0.25, 0.3) is 0 Å². The van der Waals surface area contributed by atoms with Gasteiger partial charge in [-0.05, 0) is 27.7 Å². The monoisotopic (exact) mass is 232 g/mol. The quantitative estimate of drug-likeness (QED) is 0.736. The molecule has 1 N–H and O–H groups in total. The second-order valence-electron chi connectivity index (χ2n) is 5.29. The van der Waals surface area contributed by atoms with Crippen LogP contribution in [-0.4, -0.2) is 41.8 Å². The molecule has 2 unspecified atom stereocenters. The highest BCUT2D eigenvalue weighted by Gasteiger charge is 2.48. The molecule has 0 aliphatic carbocycles. The normalized spacial score (nSPS) is 37.7. The molecule has 0 saturated carbocycles. The maximum absolute atomic E-state index is 9.42. The van der Waals surface area contributed by atoms with Crippen LogP contribution in [0.5, 0.6) is 0 Å². The summed E-state index contributed by atoms with van der Waals surface area (Å²) in [7, 11) is 0. The van der Waals surface area contributed by atoms with Crippen LogP contribution in [0.4, 0.5) is 0 Å². The standard InChI is InChI=1S/C11H20O5/c1-10(2,12)13-6-7-5-8-9(14-7)16-11(3,4)15-8/h7-9,12H,5-6H2,1-4H3/t7-,8?,9?/m1/s1. The molecule has 0 bridgehead atoms. The smallest absolute Gasteiger partial charge is 0.187 e. The van der Waals surface area contributed by atoms with Crippen molar-refractivity contribution in [3.63, 3.8) is 0 Å². The van der Waals surface area contributed by atoms with Crippen molar-refractivity contribution >= 4 is 0 Å². The van der Waals surface area contributed by atoms with Crippen LogP contribution >= 0.6 is 0 Å². The molecule has 0 amide bonds. The molecule has 2 aliphatic heterocycles. The fourth-order valence-electron chi connectivity index (χ4n) is 1.99. The van der Waals surface area contributed by atoms with E-state index in [1.165, 1.54) is 0 Å². The van der Waals surface area contributed by atoms with Gasteiger partial charge in [-0.15, -0.1) is 0 Å². The third-order valence-electron chi connectivity index (χ3n) is 2.58. The summed E-state index contributed by atoms with van der Waals surface area (Å²) in [6.45, 7) is 7.29. The van der Waals surface area contributed by atoms with Crippen LogP contribution in [0.25, 0.3) is 0 Å². The Bertz CT molecular complexity index is 242. The Morgan fingerprint density at radius 2 is 2.06 bits per heavy atom. The van der Waals surface area contributed by atoms with E-state index in [1.807, 2.05) is 13.8 Å². The summed E-state index contributed by atoms with van der Waals surface area (Å²) < 4.78 is 22.1. The Hall–Kier alpha value is -0.200. The zero-order chi connectivity index (χ0) is 12.0. The van der Waals surface area contributed by atoms with Crippen molar-refractivity contribution in [3.8, 4) is 0 Å². The van der Waals surface area contributed by atoms with Crippen LogP contribution < -0.4 is 0 Å². The number of rotatable bonds is 3. The van der Waals surface area contributed by atoms with E-state index in [9.17, 15) is 5.11 Å². The Morgan fingerprint density at radius 3 is 2.62 bits per heavy atom. The van der Waals surface area contributed by atoms with Crippen LogP contribution in [0.1, 0.15) is 34.1 Å². The number of fused-ring (bicyclic) bond motifs is 1. The Morgan fingerprint density at radius 1 is 1.38 bits per heavy atom. The third-order valence-corrected chi connectivity index (χ3v) is 2.58. The van der Waals surface area contributed by atoms with E-state index in [2.05, 4.69) is 0 Å². The molecule has 0 spiro atoms. The predicted molar refractivity (Wildman–Crippen MR) is 55.6 cm³/mol. The van der Waals surface area contributed by atoms with Crippen molar-refractivity contribution in [3.05, 3.63) is 0 Å². The minimum Gasteiger partial charge on any atom is -0.366 e. The fraction of sp³-hybridized carbons (Fsp3) is 1.00. The molecule has 16 heavy (non-hydrogen) atoms. The van der Waals surface area contributed by atoms with Crippen molar-refractivity contribution < 1.29 is 24.1 Å². The molecule has 2 heterocycles. The molecule has 0 radical (unpaired) electrons. The lowest BCUT2D eigenvalue weighted by molar-refractivity contribution is -0.230. The molecule has 0 aromatic heterocycles. The van der Waals surface area contributed by atoms with Gasteiger partial charge in [0.05, 0.1) is 12.7 Å². The van der Waals surface area contributed by atoms with Crippen molar-refractivity contribution in [1.82, 2.24) is 0 Å². The topological polar surface area (TPSA) is 57.2 Å². The van der Waals surface area contributed by atoms with Crippen LogP contribution in [0, 0.1) is 0 Å². The highest BCUT2D eigenvalue weighted by Crippen LogP contribution is 2.37. The van der Waals surface area contributed by atoms with E-state index >= 15 is 0 Å². The Kier molecular flexibility index (Phi) is 3.01. The number of hydrogen-bond donors (Lipinski definition) is 1. The molecule has 2 rings (SSSR count).